The number of hydrogen-bond donors (Lipinski definition) is 0. The molecule has 0 N–H and O–H groups in total. The third-order valence-corrected chi connectivity index (χ3v) is 4.69. The summed E-state index contributed by atoms with van der Waals surface area (Å²) in [6, 6.07) is 18.3. The molecule has 0 bridgehead atoms. The number of rotatable bonds is 6. The number of esters is 1. The molecule has 128 valence electrons. The van der Waals surface area contributed by atoms with E-state index in [1.807, 2.05) is 36.4 Å². The van der Waals surface area contributed by atoms with Crippen molar-refractivity contribution in [2.24, 2.45) is 0 Å². The number of methoxy groups -OCH3 is 1. The standard InChI is InChI=1S/C20H17FO3S/c1-23-20(22)13-25-18-9-7-14-10-17(8-6-15(14)11-18)24-12-16-4-2-3-5-19(16)21/h2-11H,12-13H2,1H3. The van der Waals surface area contributed by atoms with Gasteiger partial charge in [0, 0.05) is 10.5 Å². The van der Waals surface area contributed by atoms with Crippen LogP contribution in [-0.4, -0.2) is 18.8 Å². The van der Waals surface area contributed by atoms with E-state index in [0.717, 1.165) is 15.7 Å². The van der Waals surface area contributed by atoms with Crippen molar-refractivity contribution >= 4 is 28.5 Å². The summed E-state index contributed by atoms with van der Waals surface area (Å²) in [7, 11) is 1.38. The molecule has 0 fully saturated rings. The monoisotopic (exact) mass is 356 g/mol. The molecule has 0 aliphatic carbocycles. The van der Waals surface area contributed by atoms with E-state index in [2.05, 4.69) is 4.74 Å². The van der Waals surface area contributed by atoms with E-state index >= 15 is 0 Å². The van der Waals surface area contributed by atoms with E-state index in [4.69, 9.17) is 4.74 Å². The maximum Gasteiger partial charge on any atom is 0.315 e. The minimum absolute atomic E-state index is 0.186. The summed E-state index contributed by atoms with van der Waals surface area (Å²) in [5.74, 6) is 0.453. The van der Waals surface area contributed by atoms with E-state index < -0.39 is 0 Å². The molecule has 3 rings (SSSR count). The lowest BCUT2D eigenvalue weighted by molar-refractivity contribution is -0.137. The van der Waals surface area contributed by atoms with Gasteiger partial charge in [0.1, 0.15) is 18.2 Å². The van der Waals surface area contributed by atoms with Gasteiger partial charge in [-0.25, -0.2) is 4.39 Å². The van der Waals surface area contributed by atoms with Crippen LogP contribution in [0.4, 0.5) is 4.39 Å². The first-order valence-corrected chi connectivity index (χ1v) is 8.74. The molecule has 0 saturated carbocycles. The van der Waals surface area contributed by atoms with Crippen LogP contribution in [0.5, 0.6) is 5.75 Å². The average molecular weight is 356 g/mol. The summed E-state index contributed by atoms with van der Waals surface area (Å²) in [5.41, 5.74) is 0.525. The van der Waals surface area contributed by atoms with Gasteiger partial charge in [0.05, 0.1) is 12.9 Å². The van der Waals surface area contributed by atoms with Gasteiger partial charge in [-0.1, -0.05) is 30.3 Å². The summed E-state index contributed by atoms with van der Waals surface area (Å²) in [6.45, 7) is 0.186. The third-order valence-electron chi connectivity index (χ3n) is 3.72. The van der Waals surface area contributed by atoms with E-state index in [-0.39, 0.29) is 24.1 Å². The smallest absolute Gasteiger partial charge is 0.315 e. The van der Waals surface area contributed by atoms with Crippen molar-refractivity contribution in [3.63, 3.8) is 0 Å². The van der Waals surface area contributed by atoms with Crippen LogP contribution in [-0.2, 0) is 16.1 Å². The quantitative estimate of drug-likeness (QED) is 0.468. The highest BCUT2D eigenvalue weighted by Gasteiger charge is 2.05. The normalized spacial score (nSPS) is 10.6. The highest BCUT2D eigenvalue weighted by atomic mass is 32.2. The number of halogens is 1. The zero-order chi connectivity index (χ0) is 17.6. The SMILES string of the molecule is COC(=O)CSc1ccc2cc(OCc3ccccc3F)ccc2c1. The van der Waals surface area contributed by atoms with E-state index in [1.54, 1.807) is 18.2 Å². The number of ether oxygens (including phenoxy) is 2. The van der Waals surface area contributed by atoms with Gasteiger partial charge in [-0.2, -0.15) is 0 Å². The molecule has 0 amide bonds. The lowest BCUT2D eigenvalue weighted by Gasteiger charge is -2.09. The van der Waals surface area contributed by atoms with Crippen molar-refractivity contribution in [1.82, 2.24) is 0 Å². The Morgan fingerprint density at radius 2 is 1.80 bits per heavy atom. The van der Waals surface area contributed by atoms with Crippen LogP contribution in [0.15, 0.2) is 65.6 Å². The first-order chi connectivity index (χ1) is 12.2. The third kappa shape index (κ3) is 4.51. The first-order valence-electron chi connectivity index (χ1n) is 7.75. The highest BCUT2D eigenvalue weighted by molar-refractivity contribution is 8.00. The van der Waals surface area contributed by atoms with Crippen molar-refractivity contribution < 1.29 is 18.7 Å². The Morgan fingerprint density at radius 1 is 1.04 bits per heavy atom. The summed E-state index contributed by atoms with van der Waals surface area (Å²) in [5, 5.41) is 2.07. The minimum atomic E-state index is -0.268. The second-order valence-corrected chi connectivity index (χ2v) is 6.46. The number of carbonyl (C=O) groups excluding carboxylic acids is 1. The van der Waals surface area contributed by atoms with Gasteiger partial charge in [-0.05, 0) is 41.1 Å². The second kappa shape index (κ2) is 8.03. The molecule has 0 heterocycles. The molecule has 0 saturated heterocycles. The fourth-order valence-corrected chi connectivity index (χ4v) is 3.14. The molecular weight excluding hydrogens is 339 g/mol. The zero-order valence-electron chi connectivity index (χ0n) is 13.7. The van der Waals surface area contributed by atoms with Crippen LogP contribution in [0.25, 0.3) is 10.8 Å². The molecule has 25 heavy (non-hydrogen) atoms. The lowest BCUT2D eigenvalue weighted by atomic mass is 10.1. The number of benzene rings is 3. The number of fused-ring (bicyclic) bond motifs is 1. The predicted octanol–water partition coefficient (Wildman–Crippen LogP) is 4.82. The summed E-state index contributed by atoms with van der Waals surface area (Å²) >= 11 is 1.43. The molecule has 3 aromatic carbocycles. The number of hydrogen-bond acceptors (Lipinski definition) is 4. The summed E-state index contributed by atoms with van der Waals surface area (Å²) in [4.78, 5) is 12.2. The molecular formula is C20H17FO3S. The Morgan fingerprint density at radius 3 is 2.60 bits per heavy atom. The Bertz CT molecular complexity index is 895. The summed E-state index contributed by atoms with van der Waals surface area (Å²) in [6.07, 6.45) is 0. The predicted molar refractivity (Wildman–Crippen MR) is 97.4 cm³/mol. The average Bonchev–Trinajstić information content (AvgIpc) is 2.65. The van der Waals surface area contributed by atoms with Crippen molar-refractivity contribution in [2.75, 3.05) is 12.9 Å². The zero-order valence-corrected chi connectivity index (χ0v) is 14.5. The molecule has 0 spiro atoms. The Hall–Kier alpha value is -2.53. The fraction of sp³-hybridized carbons (Fsp3) is 0.150. The summed E-state index contributed by atoms with van der Waals surface area (Å²) < 4.78 is 24.0. The van der Waals surface area contributed by atoms with Crippen molar-refractivity contribution in [3.8, 4) is 5.75 Å². The van der Waals surface area contributed by atoms with Crippen LogP contribution in [0, 0.1) is 5.82 Å². The fourth-order valence-electron chi connectivity index (χ4n) is 2.36. The van der Waals surface area contributed by atoms with Crippen LogP contribution in [0.2, 0.25) is 0 Å². The molecule has 0 atom stereocenters. The highest BCUT2D eigenvalue weighted by Crippen LogP contribution is 2.27. The van der Waals surface area contributed by atoms with Gasteiger partial charge in [0.15, 0.2) is 0 Å². The molecule has 0 aliphatic rings. The van der Waals surface area contributed by atoms with Crippen molar-refractivity contribution in [1.29, 1.82) is 0 Å². The van der Waals surface area contributed by atoms with Crippen LogP contribution < -0.4 is 4.74 Å². The number of thioether (sulfide) groups is 1. The Kier molecular flexibility index (Phi) is 5.56. The molecule has 3 nitrogen and oxygen atoms in total. The van der Waals surface area contributed by atoms with Gasteiger partial charge in [0.25, 0.3) is 0 Å². The maximum atomic E-state index is 13.6. The lowest BCUT2D eigenvalue weighted by Crippen LogP contribution is -2.02. The van der Waals surface area contributed by atoms with Crippen LogP contribution in [0.3, 0.4) is 0 Å². The molecule has 0 aliphatic heterocycles. The van der Waals surface area contributed by atoms with Crippen molar-refractivity contribution in [3.05, 3.63) is 72.0 Å². The molecule has 0 aromatic heterocycles. The molecule has 0 unspecified atom stereocenters. The van der Waals surface area contributed by atoms with Crippen molar-refractivity contribution in [2.45, 2.75) is 11.5 Å². The maximum absolute atomic E-state index is 13.6. The van der Waals surface area contributed by atoms with Gasteiger partial charge in [0.2, 0.25) is 0 Å². The Balaban J connectivity index is 1.70. The van der Waals surface area contributed by atoms with Gasteiger partial charge in [-0.15, -0.1) is 11.8 Å². The molecule has 5 heteroatoms. The molecule has 0 radical (unpaired) electrons. The first kappa shape index (κ1) is 17.3. The van der Waals surface area contributed by atoms with E-state index in [0.29, 0.717) is 11.3 Å². The van der Waals surface area contributed by atoms with E-state index in [1.165, 1.54) is 24.9 Å². The number of carbonyl (C=O) groups is 1. The second-order valence-electron chi connectivity index (χ2n) is 5.42. The van der Waals surface area contributed by atoms with Gasteiger partial charge < -0.3 is 9.47 Å². The van der Waals surface area contributed by atoms with Gasteiger partial charge >= 0.3 is 5.97 Å². The molecule has 3 aromatic rings. The van der Waals surface area contributed by atoms with Crippen LogP contribution >= 0.6 is 11.8 Å². The Labute approximate surface area is 149 Å². The largest absolute Gasteiger partial charge is 0.489 e. The topological polar surface area (TPSA) is 35.5 Å². The van der Waals surface area contributed by atoms with Gasteiger partial charge in [-0.3, -0.25) is 4.79 Å². The van der Waals surface area contributed by atoms with Crippen LogP contribution in [0.1, 0.15) is 5.56 Å². The minimum Gasteiger partial charge on any atom is -0.489 e. The van der Waals surface area contributed by atoms with E-state index in [9.17, 15) is 9.18 Å².